The third-order valence-corrected chi connectivity index (χ3v) is 15.0. The van der Waals surface area contributed by atoms with Crippen molar-refractivity contribution in [3.05, 3.63) is 270 Å². The highest BCUT2D eigenvalue weighted by Gasteiger charge is 2.52. The van der Waals surface area contributed by atoms with E-state index in [9.17, 15) is 0 Å². The van der Waals surface area contributed by atoms with Crippen LogP contribution >= 0.6 is 11.8 Å². The maximum absolute atomic E-state index is 2.45. The Hall–Kier alpha value is -7.39. The summed E-state index contributed by atoms with van der Waals surface area (Å²) in [5.41, 5.74) is 18.1. The van der Waals surface area contributed by atoms with Gasteiger partial charge in [-0.1, -0.05) is 220 Å². The highest BCUT2D eigenvalue weighted by atomic mass is 32.2. The van der Waals surface area contributed by atoms with Crippen LogP contribution in [0.1, 0.15) is 47.2 Å². The molecule has 2 aliphatic rings. The molecule has 1 spiro atoms. The monoisotopic (exact) mass is 835 g/mol. The molecule has 1 nitrogen and oxygen atoms in total. The van der Waals surface area contributed by atoms with Gasteiger partial charge >= 0.3 is 0 Å². The predicted octanol–water partition coefficient (Wildman–Crippen LogP) is 16.8. The number of nitrogens with zero attached hydrogens (tertiary/aromatic N) is 1. The van der Waals surface area contributed by atoms with Crippen molar-refractivity contribution in [2.75, 3.05) is 4.90 Å². The largest absolute Gasteiger partial charge is 0.311 e. The molecular weight excluding hydrogens is 791 g/mol. The zero-order valence-electron chi connectivity index (χ0n) is 35.9. The Morgan fingerprint density at radius 2 is 0.828 bits per heavy atom. The molecule has 12 rings (SSSR count). The molecule has 0 bridgehead atoms. The lowest BCUT2D eigenvalue weighted by Gasteiger charge is -2.51. The Balaban J connectivity index is 1.01. The van der Waals surface area contributed by atoms with Crippen LogP contribution in [0, 0.1) is 0 Å². The summed E-state index contributed by atoms with van der Waals surface area (Å²) in [5, 5.41) is 2.61. The van der Waals surface area contributed by atoms with Gasteiger partial charge in [0, 0.05) is 32.3 Å². The van der Waals surface area contributed by atoms with E-state index >= 15 is 0 Å². The maximum Gasteiger partial charge on any atom is 0.0729 e. The first-order valence-electron chi connectivity index (χ1n) is 22.3. The first-order chi connectivity index (χ1) is 31.5. The lowest BCUT2D eigenvalue weighted by molar-refractivity contribution is 0.554. The van der Waals surface area contributed by atoms with Gasteiger partial charge in [-0.3, -0.25) is 0 Å². The molecule has 1 aliphatic carbocycles. The first kappa shape index (κ1) is 38.3. The van der Waals surface area contributed by atoms with Crippen molar-refractivity contribution >= 4 is 39.6 Å². The highest BCUT2D eigenvalue weighted by molar-refractivity contribution is 7.99. The van der Waals surface area contributed by atoms with Crippen LogP contribution in [-0.2, 0) is 10.8 Å². The lowest BCUT2D eigenvalue weighted by atomic mass is 9.53. The molecule has 1 heterocycles. The molecular formula is C62H45NS. The smallest absolute Gasteiger partial charge is 0.0729 e. The van der Waals surface area contributed by atoms with Gasteiger partial charge in [-0.05, 0) is 120 Å². The van der Waals surface area contributed by atoms with Crippen LogP contribution in [0.2, 0.25) is 0 Å². The van der Waals surface area contributed by atoms with Gasteiger partial charge in [0.1, 0.15) is 0 Å². The Morgan fingerprint density at radius 1 is 0.344 bits per heavy atom. The predicted molar refractivity (Wildman–Crippen MR) is 269 cm³/mol. The van der Waals surface area contributed by atoms with E-state index in [4.69, 9.17) is 0 Å². The molecule has 0 fully saturated rings. The summed E-state index contributed by atoms with van der Waals surface area (Å²) in [7, 11) is 0. The van der Waals surface area contributed by atoms with Gasteiger partial charge in [0.05, 0.1) is 5.41 Å². The first-order valence-corrected chi connectivity index (χ1v) is 23.1. The van der Waals surface area contributed by atoms with E-state index in [1.54, 1.807) is 0 Å². The second-order valence-corrected chi connectivity index (χ2v) is 18.7. The second kappa shape index (κ2) is 15.2. The maximum atomic E-state index is 2.45. The van der Waals surface area contributed by atoms with E-state index in [0.29, 0.717) is 0 Å². The summed E-state index contributed by atoms with van der Waals surface area (Å²) in [6, 6.07) is 87.5. The van der Waals surface area contributed by atoms with Crippen molar-refractivity contribution in [3.8, 4) is 33.4 Å². The fourth-order valence-corrected chi connectivity index (χ4v) is 12.2. The van der Waals surface area contributed by atoms with E-state index < -0.39 is 5.41 Å². The summed E-state index contributed by atoms with van der Waals surface area (Å²) in [6.07, 6.45) is 0. The molecule has 0 radical (unpaired) electrons. The van der Waals surface area contributed by atoms with Gasteiger partial charge in [-0.15, -0.1) is 0 Å². The van der Waals surface area contributed by atoms with Crippen LogP contribution in [0.3, 0.4) is 0 Å². The van der Waals surface area contributed by atoms with Crippen molar-refractivity contribution in [2.45, 2.75) is 34.5 Å². The SMILES string of the molecule is CC1(C)c2ccccc2C2(c3ccccc3Sc3c(-c4ccc(N(c5ccc(-c6ccccc6)cc5)c5ccc(-c6ccccc6)cc5)cc4)cccc32)c2ccc3ccccc3c21. The third-order valence-electron chi connectivity index (χ3n) is 13.8. The van der Waals surface area contributed by atoms with E-state index in [0.717, 1.165) is 17.1 Å². The fourth-order valence-electron chi connectivity index (χ4n) is 10.9. The molecule has 1 unspecified atom stereocenters. The molecule has 1 aliphatic heterocycles. The normalized spacial score (nSPS) is 15.5. The van der Waals surface area contributed by atoms with Gasteiger partial charge in [-0.2, -0.15) is 0 Å². The van der Waals surface area contributed by atoms with Gasteiger partial charge in [-0.25, -0.2) is 0 Å². The molecule has 0 N–H and O–H groups in total. The average Bonchev–Trinajstić information content (AvgIpc) is 3.36. The van der Waals surface area contributed by atoms with E-state index in [2.05, 4.69) is 255 Å². The van der Waals surface area contributed by atoms with Crippen molar-refractivity contribution in [1.29, 1.82) is 0 Å². The molecule has 10 aromatic carbocycles. The second-order valence-electron chi connectivity index (χ2n) is 17.6. The van der Waals surface area contributed by atoms with Crippen LogP contribution in [0.25, 0.3) is 44.2 Å². The Kier molecular flexibility index (Phi) is 9.07. The van der Waals surface area contributed by atoms with Crippen molar-refractivity contribution < 1.29 is 0 Å². The van der Waals surface area contributed by atoms with Gasteiger partial charge in [0.15, 0.2) is 0 Å². The summed E-state index contributed by atoms with van der Waals surface area (Å²) >= 11 is 1.92. The van der Waals surface area contributed by atoms with Crippen molar-refractivity contribution in [1.82, 2.24) is 0 Å². The van der Waals surface area contributed by atoms with Crippen LogP contribution < -0.4 is 4.90 Å². The molecule has 304 valence electrons. The average molecular weight is 836 g/mol. The summed E-state index contributed by atoms with van der Waals surface area (Å²) < 4.78 is 0. The number of hydrogen-bond acceptors (Lipinski definition) is 2. The Labute approximate surface area is 380 Å². The van der Waals surface area contributed by atoms with Gasteiger partial charge < -0.3 is 4.90 Å². The molecule has 0 aromatic heterocycles. The number of anilines is 3. The summed E-state index contributed by atoms with van der Waals surface area (Å²) in [4.78, 5) is 4.99. The highest BCUT2D eigenvalue weighted by Crippen LogP contribution is 2.63. The molecule has 1 atom stereocenters. The standard InChI is InChI=1S/C62H45NS/c1-61(2)53-23-11-12-24-54(53)62(56-41-34-46-20-9-10-21-51(46)59(56)61)55-25-13-14-27-58(55)64-60-52(22-15-26-57(60)62)47-32-39-50(40-33-47)63(48-35-28-44(29-36-48)42-16-5-3-6-17-42)49-37-30-45(31-38-49)43-18-7-4-8-19-43/h3-41H,1-2H3. The summed E-state index contributed by atoms with van der Waals surface area (Å²) in [5.74, 6) is 0. The number of fused-ring (bicyclic) bond motifs is 10. The van der Waals surface area contributed by atoms with Crippen LogP contribution in [0.4, 0.5) is 17.1 Å². The van der Waals surface area contributed by atoms with Gasteiger partial charge in [0.25, 0.3) is 0 Å². The van der Waals surface area contributed by atoms with Crippen molar-refractivity contribution in [3.63, 3.8) is 0 Å². The van der Waals surface area contributed by atoms with Gasteiger partial charge in [0.2, 0.25) is 0 Å². The number of rotatable bonds is 6. The lowest BCUT2D eigenvalue weighted by Crippen LogP contribution is -2.43. The summed E-state index contributed by atoms with van der Waals surface area (Å²) in [6.45, 7) is 4.84. The zero-order chi connectivity index (χ0) is 42.8. The third kappa shape index (κ3) is 5.94. The molecule has 0 saturated carbocycles. The minimum Gasteiger partial charge on any atom is -0.311 e. The molecule has 64 heavy (non-hydrogen) atoms. The van der Waals surface area contributed by atoms with Crippen molar-refractivity contribution in [2.24, 2.45) is 0 Å². The number of hydrogen-bond donors (Lipinski definition) is 0. The number of benzene rings is 10. The molecule has 10 aromatic rings. The molecule has 0 amide bonds. The van der Waals surface area contributed by atoms with E-state index in [-0.39, 0.29) is 5.41 Å². The zero-order valence-corrected chi connectivity index (χ0v) is 36.7. The van der Waals surface area contributed by atoms with Crippen LogP contribution in [0.15, 0.2) is 246 Å². The minimum atomic E-state index is -0.507. The van der Waals surface area contributed by atoms with E-state index in [1.807, 2.05) is 11.8 Å². The quantitative estimate of drug-likeness (QED) is 0.164. The topological polar surface area (TPSA) is 3.24 Å². The minimum absolute atomic E-state index is 0.208. The van der Waals surface area contributed by atoms with Crippen LogP contribution in [0.5, 0.6) is 0 Å². The molecule has 0 saturated heterocycles. The van der Waals surface area contributed by atoms with E-state index in [1.165, 1.54) is 87.3 Å². The molecule has 2 heteroatoms. The fraction of sp³-hybridized carbons (Fsp3) is 0.0645. The Morgan fingerprint density at radius 3 is 1.45 bits per heavy atom. The van der Waals surface area contributed by atoms with Crippen LogP contribution in [-0.4, -0.2) is 0 Å². The Bertz CT molecular complexity index is 3270.